The topological polar surface area (TPSA) is 6.48 Å². The van der Waals surface area contributed by atoms with Gasteiger partial charge in [0.25, 0.3) is 0 Å². The minimum Gasteiger partial charge on any atom is -0.300 e. The van der Waals surface area contributed by atoms with Gasteiger partial charge in [-0.25, -0.2) is 0 Å². The fourth-order valence-corrected chi connectivity index (χ4v) is 2.04. The van der Waals surface area contributed by atoms with E-state index < -0.39 is 0 Å². The normalized spacial score (nSPS) is 21.6. The number of nitrogens with zero attached hydrogens (tertiary/aromatic N) is 2. The van der Waals surface area contributed by atoms with Gasteiger partial charge >= 0.3 is 0 Å². The first-order valence-corrected chi connectivity index (χ1v) is 5.83. The Morgan fingerprint density at radius 2 is 1.79 bits per heavy atom. The fourth-order valence-electron chi connectivity index (χ4n) is 1.81. The van der Waals surface area contributed by atoms with Gasteiger partial charge in [0.2, 0.25) is 0 Å². The first-order chi connectivity index (χ1) is 6.27. The van der Waals surface area contributed by atoms with Crippen LogP contribution in [0.25, 0.3) is 0 Å². The molecule has 1 atom stereocenters. The lowest BCUT2D eigenvalue weighted by atomic mass is 10.2. The molecule has 0 N–H and O–H groups in total. The van der Waals surface area contributed by atoms with E-state index >= 15 is 0 Å². The molecule has 0 aliphatic carbocycles. The lowest BCUT2D eigenvalue weighted by Gasteiger charge is -2.37. The molecule has 0 amide bonds. The molecule has 1 unspecified atom stereocenters. The van der Waals surface area contributed by atoms with Gasteiger partial charge in [0, 0.05) is 44.6 Å². The van der Waals surface area contributed by atoms with Gasteiger partial charge in [0.05, 0.1) is 0 Å². The highest BCUT2D eigenvalue weighted by Crippen LogP contribution is 2.08. The number of hydrogen-bond acceptors (Lipinski definition) is 2. The summed E-state index contributed by atoms with van der Waals surface area (Å²) in [5, 5.41) is 0. The van der Waals surface area contributed by atoms with Crippen molar-refractivity contribution in [1.29, 1.82) is 0 Å². The molecule has 2 nitrogen and oxygen atoms in total. The number of piperazine rings is 1. The molecule has 1 rings (SSSR count). The van der Waals surface area contributed by atoms with E-state index in [0.717, 1.165) is 18.5 Å². The number of hydrogen-bond donors (Lipinski definition) is 0. The van der Waals surface area contributed by atoms with Crippen LogP contribution in [0.15, 0.2) is 0 Å². The van der Waals surface area contributed by atoms with E-state index in [1.807, 2.05) is 0 Å². The molecule has 0 radical (unpaired) electrons. The summed E-state index contributed by atoms with van der Waals surface area (Å²) in [5.41, 5.74) is 0. The summed E-state index contributed by atoms with van der Waals surface area (Å²) in [6.45, 7) is 10.4. The third kappa shape index (κ3) is 4.35. The number of halogens is 2. The Labute approximate surface area is 99.0 Å². The monoisotopic (exact) mass is 240 g/mol. The quantitative estimate of drug-likeness (QED) is 0.695. The second-order valence-corrected chi connectivity index (χ2v) is 4.20. The van der Waals surface area contributed by atoms with Crippen molar-refractivity contribution >= 4 is 24.0 Å². The van der Waals surface area contributed by atoms with E-state index in [-0.39, 0.29) is 12.4 Å². The van der Waals surface area contributed by atoms with Crippen molar-refractivity contribution in [3.05, 3.63) is 0 Å². The summed E-state index contributed by atoms with van der Waals surface area (Å²) >= 11 is 5.71. The van der Waals surface area contributed by atoms with Gasteiger partial charge in [0.1, 0.15) is 0 Å². The van der Waals surface area contributed by atoms with E-state index in [1.54, 1.807) is 0 Å². The molecule has 14 heavy (non-hydrogen) atoms. The van der Waals surface area contributed by atoms with Crippen molar-refractivity contribution < 1.29 is 0 Å². The van der Waals surface area contributed by atoms with Crippen LogP contribution < -0.4 is 0 Å². The Balaban J connectivity index is 0.00000169. The zero-order chi connectivity index (χ0) is 9.68. The Bertz CT molecular complexity index is 136. The SMILES string of the molecule is CCC(C)N1CCN(CCCl)CC1.Cl. The summed E-state index contributed by atoms with van der Waals surface area (Å²) in [5.74, 6) is 0.767. The maximum absolute atomic E-state index is 5.71. The van der Waals surface area contributed by atoms with Crippen molar-refractivity contribution in [2.45, 2.75) is 26.3 Å². The van der Waals surface area contributed by atoms with Crippen LogP contribution in [0.3, 0.4) is 0 Å². The van der Waals surface area contributed by atoms with Crippen molar-refractivity contribution in [3.8, 4) is 0 Å². The number of rotatable bonds is 4. The van der Waals surface area contributed by atoms with Crippen LogP contribution in [0.5, 0.6) is 0 Å². The molecule has 0 aromatic heterocycles. The van der Waals surface area contributed by atoms with Crippen molar-refractivity contribution in [2.75, 3.05) is 38.6 Å². The van der Waals surface area contributed by atoms with Gasteiger partial charge in [-0.15, -0.1) is 24.0 Å². The molecule has 1 saturated heterocycles. The van der Waals surface area contributed by atoms with E-state index in [2.05, 4.69) is 23.6 Å². The van der Waals surface area contributed by atoms with Gasteiger partial charge in [-0.1, -0.05) is 6.92 Å². The molecule has 0 aromatic carbocycles. The van der Waals surface area contributed by atoms with E-state index in [0.29, 0.717) is 0 Å². The molecule has 86 valence electrons. The molecule has 0 spiro atoms. The van der Waals surface area contributed by atoms with Gasteiger partial charge in [0.15, 0.2) is 0 Å². The molecule has 1 heterocycles. The summed E-state index contributed by atoms with van der Waals surface area (Å²) in [7, 11) is 0. The van der Waals surface area contributed by atoms with Crippen molar-refractivity contribution in [1.82, 2.24) is 9.80 Å². The molecular weight excluding hydrogens is 219 g/mol. The van der Waals surface area contributed by atoms with E-state index in [4.69, 9.17) is 11.6 Å². The van der Waals surface area contributed by atoms with Gasteiger partial charge in [-0.2, -0.15) is 0 Å². The second kappa shape index (κ2) is 7.75. The molecule has 0 aromatic rings. The highest BCUT2D eigenvalue weighted by Gasteiger charge is 2.18. The standard InChI is InChI=1S/C10H21ClN2.ClH/c1-3-10(2)13-8-6-12(5-4-11)7-9-13;/h10H,3-9H2,1-2H3;1H. The van der Waals surface area contributed by atoms with E-state index in [9.17, 15) is 0 Å². The predicted molar refractivity (Wildman–Crippen MR) is 65.7 cm³/mol. The first kappa shape index (κ1) is 14.5. The van der Waals surface area contributed by atoms with Crippen LogP contribution in [-0.4, -0.2) is 54.4 Å². The number of alkyl halides is 1. The Kier molecular flexibility index (Phi) is 8.02. The minimum absolute atomic E-state index is 0. The van der Waals surface area contributed by atoms with Gasteiger partial charge < -0.3 is 0 Å². The molecular formula is C10H22Cl2N2. The second-order valence-electron chi connectivity index (χ2n) is 3.82. The molecule has 1 fully saturated rings. The van der Waals surface area contributed by atoms with Crippen LogP contribution in [0.1, 0.15) is 20.3 Å². The largest absolute Gasteiger partial charge is 0.300 e. The molecule has 1 aliphatic rings. The Morgan fingerprint density at radius 1 is 1.21 bits per heavy atom. The summed E-state index contributed by atoms with van der Waals surface area (Å²) in [4.78, 5) is 5.02. The summed E-state index contributed by atoms with van der Waals surface area (Å²) in [6.07, 6.45) is 1.26. The minimum atomic E-state index is 0. The third-order valence-electron chi connectivity index (χ3n) is 3.02. The fraction of sp³-hybridized carbons (Fsp3) is 1.00. The highest BCUT2D eigenvalue weighted by molar-refractivity contribution is 6.18. The average molecular weight is 241 g/mol. The molecule has 1 aliphatic heterocycles. The molecule has 4 heteroatoms. The predicted octanol–water partition coefficient (Wildman–Crippen LogP) is 2.06. The Hall–Kier alpha value is 0.500. The van der Waals surface area contributed by atoms with Crippen LogP contribution in [0.4, 0.5) is 0 Å². The van der Waals surface area contributed by atoms with Crippen molar-refractivity contribution in [2.24, 2.45) is 0 Å². The lowest BCUT2D eigenvalue weighted by molar-refractivity contribution is 0.105. The van der Waals surface area contributed by atoms with Crippen LogP contribution in [-0.2, 0) is 0 Å². The summed E-state index contributed by atoms with van der Waals surface area (Å²) in [6, 6.07) is 0.748. The maximum atomic E-state index is 5.71. The zero-order valence-electron chi connectivity index (χ0n) is 9.21. The first-order valence-electron chi connectivity index (χ1n) is 5.30. The zero-order valence-corrected chi connectivity index (χ0v) is 10.8. The maximum Gasteiger partial charge on any atom is 0.0351 e. The van der Waals surface area contributed by atoms with Crippen molar-refractivity contribution in [3.63, 3.8) is 0 Å². The van der Waals surface area contributed by atoms with E-state index in [1.165, 1.54) is 32.6 Å². The summed E-state index contributed by atoms with van der Waals surface area (Å²) < 4.78 is 0. The van der Waals surface area contributed by atoms with Crippen LogP contribution in [0.2, 0.25) is 0 Å². The lowest BCUT2D eigenvalue weighted by Crippen LogP contribution is -2.49. The smallest absolute Gasteiger partial charge is 0.0351 e. The third-order valence-corrected chi connectivity index (χ3v) is 3.19. The Morgan fingerprint density at radius 3 is 2.21 bits per heavy atom. The molecule has 0 saturated carbocycles. The van der Waals surface area contributed by atoms with Crippen LogP contribution >= 0.6 is 24.0 Å². The molecule has 0 bridgehead atoms. The van der Waals surface area contributed by atoms with Gasteiger partial charge in [-0.3, -0.25) is 9.80 Å². The van der Waals surface area contributed by atoms with Gasteiger partial charge in [-0.05, 0) is 13.3 Å². The van der Waals surface area contributed by atoms with Crippen LogP contribution in [0, 0.1) is 0 Å². The average Bonchev–Trinajstić information content (AvgIpc) is 2.18. The highest BCUT2D eigenvalue weighted by atomic mass is 35.5.